The molecule has 2 aromatic rings. The van der Waals surface area contributed by atoms with E-state index in [-0.39, 0.29) is 18.6 Å². The molecule has 2 N–H and O–H groups in total. The fourth-order valence-electron chi connectivity index (χ4n) is 3.14. The maximum atomic E-state index is 12.6. The summed E-state index contributed by atoms with van der Waals surface area (Å²) in [6.07, 6.45) is 3.65. The lowest BCUT2D eigenvalue weighted by molar-refractivity contribution is -0.121. The molecule has 3 rings (SSSR count). The summed E-state index contributed by atoms with van der Waals surface area (Å²) in [4.78, 5) is 19.1. The van der Waals surface area contributed by atoms with Crippen molar-refractivity contribution < 1.29 is 9.90 Å². The summed E-state index contributed by atoms with van der Waals surface area (Å²) in [5.41, 5.74) is 1.68. The van der Waals surface area contributed by atoms with E-state index in [1.807, 2.05) is 37.3 Å². The Morgan fingerprint density at radius 2 is 2.13 bits per heavy atom. The Kier molecular flexibility index (Phi) is 4.88. The van der Waals surface area contributed by atoms with Gasteiger partial charge < -0.3 is 10.4 Å². The number of pyridine rings is 1. The van der Waals surface area contributed by atoms with Gasteiger partial charge in [0.25, 0.3) is 0 Å². The van der Waals surface area contributed by atoms with E-state index in [0.29, 0.717) is 5.92 Å². The van der Waals surface area contributed by atoms with E-state index < -0.39 is 0 Å². The third-order valence-corrected chi connectivity index (χ3v) is 4.74. The summed E-state index contributed by atoms with van der Waals surface area (Å²) in [5.74, 6) is 0.384. The molecule has 5 heteroatoms. The number of anilines is 1. The van der Waals surface area contributed by atoms with E-state index in [9.17, 15) is 9.90 Å². The number of carbonyl (C=O) groups excluding carboxylic acids is 1. The highest BCUT2D eigenvalue weighted by Gasteiger charge is 2.26. The lowest BCUT2D eigenvalue weighted by atomic mass is 9.97. The first-order valence-electron chi connectivity index (χ1n) is 8.18. The predicted molar refractivity (Wildman–Crippen MR) is 91.2 cm³/mol. The van der Waals surface area contributed by atoms with E-state index in [2.05, 4.69) is 15.2 Å². The van der Waals surface area contributed by atoms with Crippen LogP contribution in [0.15, 0.2) is 36.5 Å². The zero-order valence-corrected chi connectivity index (χ0v) is 13.4. The zero-order valence-electron chi connectivity index (χ0n) is 13.4. The van der Waals surface area contributed by atoms with Gasteiger partial charge in [-0.3, -0.25) is 14.7 Å². The summed E-state index contributed by atoms with van der Waals surface area (Å²) < 4.78 is 0. The Hall–Kier alpha value is -1.98. The minimum atomic E-state index is -0.179. The molecule has 1 aromatic heterocycles. The molecule has 2 heterocycles. The Balaban J connectivity index is 1.68. The smallest absolute Gasteiger partial charge is 0.241 e. The molecule has 1 fully saturated rings. The number of rotatable bonds is 4. The second kappa shape index (κ2) is 7.06. The fourth-order valence-corrected chi connectivity index (χ4v) is 3.14. The van der Waals surface area contributed by atoms with Crippen molar-refractivity contribution in [2.45, 2.75) is 25.8 Å². The average Bonchev–Trinajstić information content (AvgIpc) is 2.61. The molecule has 1 unspecified atom stereocenters. The molecule has 23 heavy (non-hydrogen) atoms. The van der Waals surface area contributed by atoms with Crippen LogP contribution in [0.25, 0.3) is 10.9 Å². The highest BCUT2D eigenvalue weighted by Crippen LogP contribution is 2.23. The lowest BCUT2D eigenvalue weighted by Crippen LogP contribution is -2.46. The van der Waals surface area contributed by atoms with Crippen molar-refractivity contribution in [3.8, 4) is 0 Å². The van der Waals surface area contributed by atoms with Gasteiger partial charge >= 0.3 is 0 Å². The number of piperidine rings is 1. The van der Waals surface area contributed by atoms with Crippen LogP contribution >= 0.6 is 0 Å². The average molecular weight is 313 g/mol. The minimum Gasteiger partial charge on any atom is -0.396 e. The maximum absolute atomic E-state index is 12.6. The van der Waals surface area contributed by atoms with Gasteiger partial charge in [-0.1, -0.05) is 6.07 Å². The Morgan fingerprint density at radius 3 is 2.87 bits per heavy atom. The van der Waals surface area contributed by atoms with Gasteiger partial charge in [0.05, 0.1) is 17.2 Å². The zero-order chi connectivity index (χ0) is 16.2. The number of hydrogen-bond donors (Lipinski definition) is 2. The normalized spacial score (nSPS) is 18.0. The van der Waals surface area contributed by atoms with Crippen LogP contribution in [-0.4, -0.2) is 46.6 Å². The van der Waals surface area contributed by atoms with Crippen molar-refractivity contribution in [2.75, 3.05) is 25.0 Å². The van der Waals surface area contributed by atoms with Gasteiger partial charge in [0.15, 0.2) is 0 Å². The summed E-state index contributed by atoms with van der Waals surface area (Å²) in [6.45, 7) is 3.91. The summed E-state index contributed by atoms with van der Waals surface area (Å²) in [6, 6.07) is 9.42. The standard InChI is InChI=1S/C18H23N3O2/c1-13(21-10-7-14(12-22)8-11-21)18(23)20-17-6-2-5-16-15(17)4-3-9-19-16/h2-6,9,13-14,22H,7-8,10-12H2,1H3,(H,20,23). The van der Waals surface area contributed by atoms with Crippen molar-refractivity contribution in [3.63, 3.8) is 0 Å². The van der Waals surface area contributed by atoms with Crippen LogP contribution in [0.1, 0.15) is 19.8 Å². The van der Waals surface area contributed by atoms with E-state index in [0.717, 1.165) is 42.5 Å². The molecule has 1 atom stereocenters. The molecule has 5 nitrogen and oxygen atoms in total. The number of nitrogens with one attached hydrogen (secondary N) is 1. The number of hydrogen-bond acceptors (Lipinski definition) is 4. The molecule has 0 spiro atoms. The molecule has 0 radical (unpaired) electrons. The number of aromatic nitrogens is 1. The number of aliphatic hydroxyl groups excluding tert-OH is 1. The third kappa shape index (κ3) is 3.51. The SMILES string of the molecule is CC(C(=O)Nc1cccc2ncccc12)N1CCC(CO)CC1. The van der Waals surface area contributed by atoms with Crippen molar-refractivity contribution >= 4 is 22.5 Å². The first-order valence-corrected chi connectivity index (χ1v) is 8.18. The Morgan fingerprint density at radius 1 is 1.35 bits per heavy atom. The van der Waals surface area contributed by atoms with Gasteiger partial charge in [0.1, 0.15) is 0 Å². The number of likely N-dealkylation sites (tertiary alicyclic amines) is 1. The molecule has 0 bridgehead atoms. The van der Waals surface area contributed by atoms with Crippen molar-refractivity contribution in [2.24, 2.45) is 5.92 Å². The molecular weight excluding hydrogens is 290 g/mol. The summed E-state index contributed by atoms with van der Waals surface area (Å²) >= 11 is 0. The maximum Gasteiger partial charge on any atom is 0.241 e. The van der Waals surface area contributed by atoms with Crippen molar-refractivity contribution in [1.29, 1.82) is 0 Å². The molecule has 0 aliphatic carbocycles. The van der Waals surface area contributed by atoms with Gasteiger partial charge in [-0.2, -0.15) is 0 Å². The second-order valence-electron chi connectivity index (χ2n) is 6.20. The van der Waals surface area contributed by atoms with Gasteiger partial charge in [-0.05, 0) is 63.0 Å². The highest BCUT2D eigenvalue weighted by molar-refractivity contribution is 6.02. The topological polar surface area (TPSA) is 65.5 Å². The molecule has 1 aliphatic rings. The summed E-state index contributed by atoms with van der Waals surface area (Å²) in [5, 5.41) is 13.2. The number of aliphatic hydroxyl groups is 1. The Labute approximate surface area is 136 Å². The number of nitrogens with zero attached hydrogens (tertiary/aromatic N) is 2. The van der Waals surface area contributed by atoms with Crippen LogP contribution in [0.2, 0.25) is 0 Å². The summed E-state index contributed by atoms with van der Waals surface area (Å²) in [7, 11) is 0. The van der Waals surface area contributed by atoms with Crippen LogP contribution < -0.4 is 5.32 Å². The lowest BCUT2D eigenvalue weighted by Gasteiger charge is -2.34. The van der Waals surface area contributed by atoms with Crippen LogP contribution in [0.5, 0.6) is 0 Å². The van der Waals surface area contributed by atoms with Crippen molar-refractivity contribution in [3.05, 3.63) is 36.5 Å². The van der Waals surface area contributed by atoms with Crippen LogP contribution in [0, 0.1) is 5.92 Å². The van der Waals surface area contributed by atoms with Gasteiger partial charge in [0.2, 0.25) is 5.91 Å². The number of carbonyl (C=O) groups is 1. The Bertz CT molecular complexity index is 676. The highest BCUT2D eigenvalue weighted by atomic mass is 16.3. The minimum absolute atomic E-state index is 0.00352. The number of benzene rings is 1. The fraction of sp³-hybridized carbons (Fsp3) is 0.444. The molecule has 1 saturated heterocycles. The van der Waals surface area contributed by atoms with Crippen molar-refractivity contribution in [1.82, 2.24) is 9.88 Å². The first-order chi connectivity index (χ1) is 11.2. The monoisotopic (exact) mass is 313 g/mol. The third-order valence-electron chi connectivity index (χ3n) is 4.74. The number of fused-ring (bicyclic) bond motifs is 1. The van der Waals surface area contributed by atoms with Gasteiger partial charge in [-0.15, -0.1) is 0 Å². The molecule has 0 saturated carbocycles. The second-order valence-corrected chi connectivity index (χ2v) is 6.20. The molecule has 1 aliphatic heterocycles. The van der Waals surface area contributed by atoms with Gasteiger partial charge in [0, 0.05) is 18.2 Å². The van der Waals surface area contributed by atoms with E-state index in [1.54, 1.807) is 6.20 Å². The van der Waals surface area contributed by atoms with Crippen LogP contribution in [0.3, 0.4) is 0 Å². The largest absolute Gasteiger partial charge is 0.396 e. The molecular formula is C18H23N3O2. The van der Waals surface area contributed by atoms with E-state index in [1.165, 1.54) is 0 Å². The molecule has 1 amide bonds. The molecule has 1 aromatic carbocycles. The predicted octanol–water partition coefficient (Wildman–Crippen LogP) is 2.27. The van der Waals surface area contributed by atoms with Crippen LogP contribution in [-0.2, 0) is 4.79 Å². The molecule has 122 valence electrons. The first kappa shape index (κ1) is 15.9. The van der Waals surface area contributed by atoms with Crippen LogP contribution in [0.4, 0.5) is 5.69 Å². The quantitative estimate of drug-likeness (QED) is 0.909. The van der Waals surface area contributed by atoms with Gasteiger partial charge in [-0.25, -0.2) is 0 Å². The van der Waals surface area contributed by atoms with E-state index >= 15 is 0 Å². The van der Waals surface area contributed by atoms with E-state index in [4.69, 9.17) is 0 Å². The number of amides is 1.